The van der Waals surface area contributed by atoms with Gasteiger partial charge >= 0.3 is 6.18 Å². The molecule has 0 bridgehead atoms. The molecule has 2 aromatic rings. The molecule has 154 valence electrons. The quantitative estimate of drug-likeness (QED) is 0.849. The smallest absolute Gasteiger partial charge is 0.368 e. The summed E-state index contributed by atoms with van der Waals surface area (Å²) >= 11 is 0. The molecule has 1 fully saturated rings. The molecular formula is C22H24F3N3O. The third kappa shape index (κ3) is 3.78. The Labute approximate surface area is 168 Å². The van der Waals surface area contributed by atoms with Crippen molar-refractivity contribution in [3.8, 4) is 0 Å². The number of carbonyl (C=O) groups excluding carboxylic acids is 1. The first-order valence-electron chi connectivity index (χ1n) is 9.93. The number of benzene rings is 2. The molecule has 2 aliphatic rings. The highest BCUT2D eigenvalue weighted by Crippen LogP contribution is 2.40. The average molecular weight is 403 g/mol. The number of amides is 1. The number of anilines is 2. The van der Waals surface area contributed by atoms with Crippen LogP contribution < -0.4 is 15.1 Å². The Bertz CT molecular complexity index is 885. The highest BCUT2D eigenvalue weighted by atomic mass is 19.4. The van der Waals surface area contributed by atoms with Gasteiger partial charge in [0.1, 0.15) is 0 Å². The first-order chi connectivity index (χ1) is 13.9. The maximum Gasteiger partial charge on any atom is 0.416 e. The number of carbonyl (C=O) groups is 1. The summed E-state index contributed by atoms with van der Waals surface area (Å²) in [5.41, 5.74) is 1.85. The predicted octanol–water partition coefficient (Wildman–Crippen LogP) is 3.71. The molecule has 2 aromatic carbocycles. The number of piperazine rings is 1. The minimum Gasteiger partial charge on any atom is -0.368 e. The number of nitrogens with zero attached hydrogens (tertiary/aromatic N) is 2. The number of hydrogen-bond acceptors (Lipinski definition) is 3. The summed E-state index contributed by atoms with van der Waals surface area (Å²) in [6.07, 6.45) is -4.08. The number of fused-ring (bicyclic) bond motifs is 3. The van der Waals surface area contributed by atoms with Crippen LogP contribution in [0.15, 0.2) is 48.5 Å². The van der Waals surface area contributed by atoms with Gasteiger partial charge in [0.15, 0.2) is 0 Å². The Kier molecular flexibility index (Phi) is 5.15. The second kappa shape index (κ2) is 7.61. The van der Waals surface area contributed by atoms with E-state index in [2.05, 4.69) is 15.1 Å². The van der Waals surface area contributed by atoms with Crippen molar-refractivity contribution in [2.75, 3.05) is 36.0 Å². The predicted molar refractivity (Wildman–Crippen MR) is 107 cm³/mol. The van der Waals surface area contributed by atoms with Crippen LogP contribution >= 0.6 is 0 Å². The maximum absolute atomic E-state index is 13.2. The number of nitrogens with one attached hydrogen (secondary N) is 1. The lowest BCUT2D eigenvalue weighted by Gasteiger charge is -2.49. The summed E-state index contributed by atoms with van der Waals surface area (Å²) in [4.78, 5) is 17.2. The third-order valence-corrected chi connectivity index (χ3v) is 5.85. The van der Waals surface area contributed by atoms with Gasteiger partial charge < -0.3 is 15.1 Å². The van der Waals surface area contributed by atoms with E-state index >= 15 is 0 Å². The average Bonchev–Trinajstić information content (AvgIpc) is 2.72. The van der Waals surface area contributed by atoms with Gasteiger partial charge in [0.2, 0.25) is 5.91 Å². The molecule has 0 spiro atoms. The van der Waals surface area contributed by atoms with Crippen molar-refractivity contribution in [1.82, 2.24) is 5.32 Å². The first kappa shape index (κ1) is 19.6. The van der Waals surface area contributed by atoms with E-state index < -0.39 is 17.7 Å². The van der Waals surface area contributed by atoms with Crippen molar-refractivity contribution in [2.45, 2.75) is 25.6 Å². The largest absolute Gasteiger partial charge is 0.416 e. The van der Waals surface area contributed by atoms with Crippen molar-refractivity contribution < 1.29 is 18.0 Å². The molecule has 2 aliphatic heterocycles. The van der Waals surface area contributed by atoms with Gasteiger partial charge in [0.05, 0.1) is 17.5 Å². The summed E-state index contributed by atoms with van der Waals surface area (Å²) in [6.45, 7) is 4.43. The minimum absolute atomic E-state index is 0.0836. The summed E-state index contributed by atoms with van der Waals surface area (Å²) < 4.78 is 39.6. The van der Waals surface area contributed by atoms with Crippen LogP contribution in [0, 0.1) is 5.92 Å². The van der Waals surface area contributed by atoms with Gasteiger partial charge in [-0.05, 0) is 49.2 Å². The van der Waals surface area contributed by atoms with E-state index in [1.165, 1.54) is 6.07 Å². The van der Waals surface area contributed by atoms with Crippen LogP contribution in [0.4, 0.5) is 24.5 Å². The van der Waals surface area contributed by atoms with Gasteiger partial charge in [0.25, 0.3) is 0 Å². The highest BCUT2D eigenvalue weighted by molar-refractivity contribution is 5.82. The van der Waals surface area contributed by atoms with Crippen LogP contribution in [0.2, 0.25) is 0 Å². The first-order valence-corrected chi connectivity index (χ1v) is 9.93. The zero-order valence-electron chi connectivity index (χ0n) is 16.2. The van der Waals surface area contributed by atoms with Crippen molar-refractivity contribution in [3.05, 3.63) is 59.7 Å². The van der Waals surface area contributed by atoms with Crippen molar-refractivity contribution >= 4 is 17.3 Å². The lowest BCUT2D eigenvalue weighted by Crippen LogP contribution is -2.61. The molecule has 0 aromatic heterocycles. The summed E-state index contributed by atoms with van der Waals surface area (Å²) in [5, 5.41) is 2.87. The standard InChI is InChI=1S/C22H24F3N3O/c1-2-26-21(29)18-13-15-12-16(22(23,24)25)8-9-19(15)28-11-10-27(14-20(18)28)17-6-4-3-5-7-17/h3-9,12,18,20H,2,10-11,13-14H2,1H3,(H,26,29)/t18-,20-/m1/s1. The fourth-order valence-electron chi connectivity index (χ4n) is 4.48. The summed E-state index contributed by atoms with van der Waals surface area (Å²) in [5.74, 6) is -0.488. The Morgan fingerprint density at radius 2 is 1.90 bits per heavy atom. The molecule has 1 amide bonds. The Balaban J connectivity index is 1.69. The van der Waals surface area contributed by atoms with Crippen LogP contribution in [0.3, 0.4) is 0 Å². The van der Waals surface area contributed by atoms with Gasteiger partial charge in [-0.2, -0.15) is 13.2 Å². The number of rotatable bonds is 3. The van der Waals surface area contributed by atoms with Gasteiger partial charge in [-0.15, -0.1) is 0 Å². The molecule has 7 heteroatoms. The fourth-order valence-corrected chi connectivity index (χ4v) is 4.48. The molecule has 4 rings (SSSR count). The lowest BCUT2D eigenvalue weighted by molar-refractivity contribution is -0.137. The number of halogens is 3. The second-order valence-corrected chi connectivity index (χ2v) is 7.59. The molecule has 0 aliphatic carbocycles. The molecule has 29 heavy (non-hydrogen) atoms. The normalized spacial score (nSPS) is 21.4. The molecule has 0 saturated carbocycles. The molecule has 2 heterocycles. The lowest BCUT2D eigenvalue weighted by atomic mass is 9.82. The zero-order valence-corrected chi connectivity index (χ0v) is 16.2. The van der Waals surface area contributed by atoms with Gasteiger partial charge in [0, 0.05) is 37.6 Å². The molecule has 0 radical (unpaired) electrons. The number of hydrogen-bond donors (Lipinski definition) is 1. The van der Waals surface area contributed by atoms with Gasteiger partial charge in [-0.1, -0.05) is 18.2 Å². The topological polar surface area (TPSA) is 35.6 Å². The van der Waals surface area contributed by atoms with E-state index in [0.717, 1.165) is 24.0 Å². The molecule has 4 nitrogen and oxygen atoms in total. The van der Waals surface area contributed by atoms with Crippen molar-refractivity contribution in [2.24, 2.45) is 5.92 Å². The molecule has 0 unspecified atom stereocenters. The second-order valence-electron chi connectivity index (χ2n) is 7.59. The summed E-state index contributed by atoms with van der Waals surface area (Å²) in [6, 6.07) is 13.9. The van der Waals surface area contributed by atoms with Crippen LogP contribution in [-0.2, 0) is 17.4 Å². The Morgan fingerprint density at radius 3 is 2.59 bits per heavy atom. The maximum atomic E-state index is 13.2. The van der Waals surface area contributed by atoms with Crippen LogP contribution in [0.1, 0.15) is 18.1 Å². The van der Waals surface area contributed by atoms with Gasteiger partial charge in [-0.3, -0.25) is 4.79 Å². The van der Waals surface area contributed by atoms with Crippen molar-refractivity contribution in [3.63, 3.8) is 0 Å². The van der Waals surface area contributed by atoms with Crippen LogP contribution in [0.5, 0.6) is 0 Å². The molecule has 1 N–H and O–H groups in total. The van der Waals surface area contributed by atoms with Crippen molar-refractivity contribution in [1.29, 1.82) is 0 Å². The van der Waals surface area contributed by atoms with E-state index in [-0.39, 0.29) is 11.9 Å². The Hall–Kier alpha value is -2.70. The van der Waals surface area contributed by atoms with Crippen LogP contribution in [-0.4, -0.2) is 38.1 Å². The third-order valence-electron chi connectivity index (χ3n) is 5.85. The fraction of sp³-hybridized carbons (Fsp3) is 0.409. The highest BCUT2D eigenvalue weighted by Gasteiger charge is 2.42. The SMILES string of the molecule is CCNC(=O)[C@@H]1Cc2cc(C(F)(F)F)ccc2N2CCN(c3ccccc3)C[C@H]12. The van der Waals surface area contributed by atoms with E-state index in [1.807, 2.05) is 37.3 Å². The number of para-hydroxylation sites is 1. The van der Waals surface area contributed by atoms with E-state index in [9.17, 15) is 18.0 Å². The number of alkyl halides is 3. The molecule has 1 saturated heterocycles. The Morgan fingerprint density at radius 1 is 1.14 bits per heavy atom. The summed E-state index contributed by atoms with van der Waals surface area (Å²) in [7, 11) is 0. The van der Waals surface area contributed by atoms with Crippen LogP contribution in [0.25, 0.3) is 0 Å². The van der Waals surface area contributed by atoms with E-state index in [0.29, 0.717) is 31.6 Å². The zero-order chi connectivity index (χ0) is 20.6. The van der Waals surface area contributed by atoms with Gasteiger partial charge in [-0.25, -0.2) is 0 Å². The molecular weight excluding hydrogens is 379 g/mol. The molecule has 2 atom stereocenters. The van der Waals surface area contributed by atoms with E-state index in [4.69, 9.17) is 0 Å². The minimum atomic E-state index is -4.39. The van der Waals surface area contributed by atoms with E-state index in [1.54, 1.807) is 6.07 Å². The monoisotopic (exact) mass is 403 g/mol.